The molecule has 0 bridgehead atoms. The third kappa shape index (κ3) is 4.67. The van der Waals surface area contributed by atoms with Crippen molar-refractivity contribution in [1.82, 2.24) is 9.47 Å². The van der Waals surface area contributed by atoms with E-state index in [0.717, 1.165) is 5.75 Å². The maximum atomic E-state index is 12.4. The first-order valence-corrected chi connectivity index (χ1v) is 9.15. The Bertz CT molecular complexity index is 1010. The standard InChI is InChI=1S/C20H21ClN2O5/c1-22(11-12-27-16-6-4-15(26-2)5-7-16)19(24)9-10-23-17-8-3-14(21)13-18(17)28-20(23)25/h3-8,13H,9-12H2,1-2H3. The summed E-state index contributed by atoms with van der Waals surface area (Å²) >= 11 is 5.91. The van der Waals surface area contributed by atoms with E-state index >= 15 is 0 Å². The number of aromatic nitrogens is 1. The number of nitrogens with zero attached hydrogens (tertiary/aromatic N) is 2. The van der Waals surface area contributed by atoms with E-state index in [1.54, 1.807) is 37.3 Å². The zero-order valence-electron chi connectivity index (χ0n) is 15.7. The molecule has 7 nitrogen and oxygen atoms in total. The first kappa shape index (κ1) is 19.8. The van der Waals surface area contributed by atoms with Crippen LogP contribution in [0, 0.1) is 0 Å². The lowest BCUT2D eigenvalue weighted by atomic mass is 10.3. The third-order valence-electron chi connectivity index (χ3n) is 4.36. The lowest BCUT2D eigenvalue weighted by Gasteiger charge is -2.17. The van der Waals surface area contributed by atoms with Crippen molar-refractivity contribution in [3.63, 3.8) is 0 Å². The molecule has 0 radical (unpaired) electrons. The zero-order chi connectivity index (χ0) is 20.1. The van der Waals surface area contributed by atoms with Crippen molar-refractivity contribution in [2.45, 2.75) is 13.0 Å². The number of rotatable bonds is 8. The molecule has 3 rings (SSSR count). The van der Waals surface area contributed by atoms with E-state index in [1.807, 2.05) is 24.3 Å². The van der Waals surface area contributed by atoms with Gasteiger partial charge in [-0.05, 0) is 36.4 Å². The van der Waals surface area contributed by atoms with Crippen LogP contribution < -0.4 is 15.2 Å². The Morgan fingerprint density at radius 3 is 2.61 bits per heavy atom. The number of likely N-dealkylation sites (N-methyl/N-ethyl adjacent to an activating group) is 1. The van der Waals surface area contributed by atoms with Crippen LogP contribution in [0.15, 0.2) is 51.7 Å². The summed E-state index contributed by atoms with van der Waals surface area (Å²) in [5, 5.41) is 0.487. The van der Waals surface area contributed by atoms with Gasteiger partial charge in [-0.1, -0.05) is 11.6 Å². The molecule has 1 amide bonds. The zero-order valence-corrected chi connectivity index (χ0v) is 16.4. The molecule has 0 N–H and O–H groups in total. The SMILES string of the molecule is COc1ccc(OCCN(C)C(=O)CCn2c(=O)oc3cc(Cl)ccc32)cc1. The van der Waals surface area contributed by atoms with Crippen molar-refractivity contribution >= 4 is 28.6 Å². The van der Waals surface area contributed by atoms with Gasteiger partial charge in [0, 0.05) is 31.1 Å². The highest BCUT2D eigenvalue weighted by molar-refractivity contribution is 6.31. The van der Waals surface area contributed by atoms with Gasteiger partial charge in [0.15, 0.2) is 5.58 Å². The van der Waals surface area contributed by atoms with Crippen molar-refractivity contribution in [3.8, 4) is 11.5 Å². The van der Waals surface area contributed by atoms with E-state index < -0.39 is 5.76 Å². The first-order valence-electron chi connectivity index (χ1n) is 8.77. The Morgan fingerprint density at radius 2 is 1.89 bits per heavy atom. The fourth-order valence-corrected chi connectivity index (χ4v) is 2.91. The van der Waals surface area contributed by atoms with Gasteiger partial charge in [-0.3, -0.25) is 9.36 Å². The van der Waals surface area contributed by atoms with E-state index in [1.165, 1.54) is 4.57 Å². The lowest BCUT2D eigenvalue weighted by Crippen LogP contribution is -2.32. The number of aryl methyl sites for hydroxylation is 1. The Morgan fingerprint density at radius 1 is 1.18 bits per heavy atom. The number of oxazole rings is 1. The number of carbonyl (C=O) groups excluding carboxylic acids is 1. The predicted molar refractivity (Wildman–Crippen MR) is 106 cm³/mol. The summed E-state index contributed by atoms with van der Waals surface area (Å²) in [6.07, 6.45) is 0.177. The molecular formula is C20H21ClN2O5. The number of fused-ring (bicyclic) bond motifs is 1. The average Bonchev–Trinajstić information content (AvgIpc) is 3.00. The Hall–Kier alpha value is -2.93. The maximum Gasteiger partial charge on any atom is 0.419 e. The monoisotopic (exact) mass is 404 g/mol. The van der Waals surface area contributed by atoms with Gasteiger partial charge in [0.2, 0.25) is 5.91 Å². The minimum Gasteiger partial charge on any atom is -0.497 e. The van der Waals surface area contributed by atoms with Gasteiger partial charge in [0.1, 0.15) is 18.1 Å². The van der Waals surface area contributed by atoms with Crippen LogP contribution in [0.25, 0.3) is 11.1 Å². The van der Waals surface area contributed by atoms with Crippen LogP contribution in [0.4, 0.5) is 0 Å². The third-order valence-corrected chi connectivity index (χ3v) is 4.60. The van der Waals surface area contributed by atoms with Crippen LogP contribution in [0.2, 0.25) is 5.02 Å². The molecule has 0 saturated heterocycles. The summed E-state index contributed by atoms with van der Waals surface area (Å²) in [4.78, 5) is 25.9. The molecular weight excluding hydrogens is 384 g/mol. The Labute approximate surface area is 167 Å². The summed E-state index contributed by atoms with van der Waals surface area (Å²) in [5.41, 5.74) is 1.03. The average molecular weight is 405 g/mol. The summed E-state index contributed by atoms with van der Waals surface area (Å²) in [6, 6.07) is 12.2. The van der Waals surface area contributed by atoms with Gasteiger partial charge in [-0.2, -0.15) is 0 Å². The van der Waals surface area contributed by atoms with Crippen LogP contribution in [0.3, 0.4) is 0 Å². The van der Waals surface area contributed by atoms with Crippen molar-refractivity contribution < 1.29 is 18.7 Å². The van der Waals surface area contributed by atoms with Crippen molar-refractivity contribution in [1.29, 1.82) is 0 Å². The molecule has 0 saturated carbocycles. The summed E-state index contributed by atoms with van der Waals surface area (Å²) < 4.78 is 17.3. The first-order chi connectivity index (χ1) is 13.5. The number of benzene rings is 2. The summed E-state index contributed by atoms with van der Waals surface area (Å²) in [6.45, 7) is 1.03. The predicted octanol–water partition coefficient (Wildman–Crippen LogP) is 3.18. The van der Waals surface area contributed by atoms with Crippen LogP contribution in [0.1, 0.15) is 6.42 Å². The number of hydrogen-bond acceptors (Lipinski definition) is 5. The van der Waals surface area contributed by atoms with Gasteiger partial charge < -0.3 is 18.8 Å². The number of amides is 1. The number of hydrogen-bond donors (Lipinski definition) is 0. The number of carbonyl (C=O) groups is 1. The fourth-order valence-electron chi connectivity index (χ4n) is 2.75. The maximum absolute atomic E-state index is 12.4. The highest BCUT2D eigenvalue weighted by Gasteiger charge is 2.13. The van der Waals surface area contributed by atoms with Gasteiger partial charge in [0.05, 0.1) is 19.2 Å². The molecule has 148 valence electrons. The van der Waals surface area contributed by atoms with Crippen molar-refractivity contribution in [3.05, 3.63) is 58.0 Å². The Kier molecular flexibility index (Phi) is 6.26. The smallest absolute Gasteiger partial charge is 0.419 e. The second kappa shape index (κ2) is 8.84. The molecule has 0 aliphatic rings. The van der Waals surface area contributed by atoms with Gasteiger partial charge in [0.25, 0.3) is 0 Å². The van der Waals surface area contributed by atoms with Crippen LogP contribution in [0.5, 0.6) is 11.5 Å². The normalized spacial score (nSPS) is 10.8. The van der Waals surface area contributed by atoms with E-state index in [0.29, 0.717) is 35.0 Å². The summed E-state index contributed by atoms with van der Waals surface area (Å²) in [7, 11) is 3.31. The lowest BCUT2D eigenvalue weighted by molar-refractivity contribution is -0.130. The molecule has 28 heavy (non-hydrogen) atoms. The van der Waals surface area contributed by atoms with Gasteiger partial charge >= 0.3 is 5.76 Å². The molecule has 0 unspecified atom stereocenters. The van der Waals surface area contributed by atoms with Crippen LogP contribution >= 0.6 is 11.6 Å². The Balaban J connectivity index is 1.50. The van der Waals surface area contributed by atoms with E-state index in [-0.39, 0.29) is 18.9 Å². The second-order valence-electron chi connectivity index (χ2n) is 6.22. The number of halogens is 1. The minimum absolute atomic E-state index is 0.0893. The largest absolute Gasteiger partial charge is 0.497 e. The highest BCUT2D eigenvalue weighted by atomic mass is 35.5. The minimum atomic E-state index is -0.504. The van der Waals surface area contributed by atoms with E-state index in [9.17, 15) is 9.59 Å². The quantitative estimate of drug-likeness (QED) is 0.576. The van der Waals surface area contributed by atoms with E-state index in [2.05, 4.69) is 0 Å². The molecule has 0 atom stereocenters. The molecule has 0 aliphatic heterocycles. The molecule has 1 heterocycles. The molecule has 0 aliphatic carbocycles. The van der Waals surface area contributed by atoms with Gasteiger partial charge in [-0.15, -0.1) is 0 Å². The molecule has 1 aromatic heterocycles. The fraction of sp³-hybridized carbons (Fsp3) is 0.300. The van der Waals surface area contributed by atoms with Crippen molar-refractivity contribution in [2.75, 3.05) is 27.3 Å². The molecule has 8 heteroatoms. The topological polar surface area (TPSA) is 73.9 Å². The van der Waals surface area contributed by atoms with Crippen LogP contribution in [-0.2, 0) is 11.3 Å². The van der Waals surface area contributed by atoms with Gasteiger partial charge in [-0.25, -0.2) is 4.79 Å². The molecule has 2 aromatic carbocycles. The number of ether oxygens (including phenoxy) is 2. The number of methoxy groups -OCH3 is 1. The molecule has 0 fully saturated rings. The summed E-state index contributed by atoms with van der Waals surface area (Å²) in [5.74, 6) is 0.866. The molecule has 3 aromatic rings. The van der Waals surface area contributed by atoms with E-state index in [4.69, 9.17) is 25.5 Å². The second-order valence-corrected chi connectivity index (χ2v) is 6.66. The highest BCUT2D eigenvalue weighted by Crippen LogP contribution is 2.19. The van der Waals surface area contributed by atoms with Crippen LogP contribution in [-0.4, -0.2) is 42.7 Å². The van der Waals surface area contributed by atoms with Crippen molar-refractivity contribution in [2.24, 2.45) is 0 Å². The molecule has 0 spiro atoms.